The summed E-state index contributed by atoms with van der Waals surface area (Å²) in [6, 6.07) is 0.423. The summed E-state index contributed by atoms with van der Waals surface area (Å²) in [4.78, 5) is 0. The van der Waals surface area contributed by atoms with Crippen LogP contribution < -0.4 is 5.32 Å². The highest BCUT2D eigenvalue weighted by atomic mass is 32.2. The predicted octanol–water partition coefficient (Wildman–Crippen LogP) is 0.380. The van der Waals surface area contributed by atoms with Crippen molar-refractivity contribution < 1.29 is 13.2 Å². The number of aromatic nitrogens is 2. The van der Waals surface area contributed by atoms with Crippen LogP contribution in [0.1, 0.15) is 30.5 Å². The third-order valence-corrected chi connectivity index (χ3v) is 6.11. The molecule has 0 amide bonds. The van der Waals surface area contributed by atoms with Crippen LogP contribution in [-0.4, -0.2) is 55.3 Å². The number of nitrogens with zero attached hydrogens (tertiary/aromatic N) is 2. The van der Waals surface area contributed by atoms with Gasteiger partial charge >= 0.3 is 0 Å². The van der Waals surface area contributed by atoms with Crippen LogP contribution in [0.2, 0.25) is 0 Å². The van der Waals surface area contributed by atoms with Crippen molar-refractivity contribution in [1.82, 2.24) is 19.8 Å². The van der Waals surface area contributed by atoms with E-state index in [4.69, 9.17) is 4.74 Å². The van der Waals surface area contributed by atoms with Gasteiger partial charge < -0.3 is 10.1 Å². The summed E-state index contributed by atoms with van der Waals surface area (Å²) in [5.41, 5.74) is 1.55. The molecule has 1 saturated carbocycles. The minimum Gasteiger partial charge on any atom is -0.380 e. The molecule has 8 heteroatoms. The van der Waals surface area contributed by atoms with E-state index >= 15 is 0 Å². The van der Waals surface area contributed by atoms with Crippen LogP contribution in [0, 0.1) is 6.92 Å². The Morgan fingerprint density at radius 2 is 2.19 bits per heavy atom. The normalized spacial score (nSPS) is 23.1. The molecule has 0 spiro atoms. The third kappa shape index (κ3) is 2.98. The van der Waals surface area contributed by atoms with Crippen molar-refractivity contribution >= 4 is 10.0 Å². The summed E-state index contributed by atoms with van der Waals surface area (Å²) < 4.78 is 32.2. The number of H-pyrrole nitrogens is 1. The van der Waals surface area contributed by atoms with Crippen molar-refractivity contribution in [2.45, 2.75) is 49.8 Å². The van der Waals surface area contributed by atoms with Gasteiger partial charge in [-0.15, -0.1) is 0 Å². The lowest BCUT2D eigenvalue weighted by Crippen LogP contribution is -2.38. The number of ether oxygens (including phenoxy) is 1. The van der Waals surface area contributed by atoms with Gasteiger partial charge in [0.05, 0.1) is 12.6 Å². The topological polar surface area (TPSA) is 87.3 Å². The van der Waals surface area contributed by atoms with Crippen LogP contribution in [-0.2, 0) is 21.3 Å². The summed E-state index contributed by atoms with van der Waals surface area (Å²) in [5.74, 6) is 0. The van der Waals surface area contributed by atoms with Gasteiger partial charge in [0, 0.05) is 37.5 Å². The van der Waals surface area contributed by atoms with Crippen molar-refractivity contribution in [3.63, 3.8) is 0 Å². The fraction of sp³-hybridized carbons (Fsp3) is 0.769. The quantitative estimate of drug-likeness (QED) is 0.792. The van der Waals surface area contributed by atoms with Crippen molar-refractivity contribution in [3.8, 4) is 0 Å². The standard InChI is InChI=1S/C13H22N4O3S/c1-9-12(7-14-10-3-4-10)13(16-15-9)21(18,19)17(2)11-5-6-20-8-11/h10-11,14H,3-8H2,1-2H3,(H,15,16). The first-order chi connectivity index (χ1) is 10.00. The van der Waals surface area contributed by atoms with Crippen LogP contribution in [0.25, 0.3) is 0 Å². The molecular formula is C13H22N4O3S. The molecule has 1 aromatic heterocycles. The Kier molecular flexibility index (Phi) is 4.04. The van der Waals surface area contributed by atoms with E-state index in [0.29, 0.717) is 25.8 Å². The molecule has 1 saturated heterocycles. The molecule has 2 N–H and O–H groups in total. The van der Waals surface area contributed by atoms with Crippen LogP contribution >= 0.6 is 0 Å². The van der Waals surface area contributed by atoms with E-state index < -0.39 is 10.0 Å². The molecule has 2 aliphatic rings. The Bertz CT molecular complexity index is 603. The molecule has 0 aromatic carbocycles. The first kappa shape index (κ1) is 15.0. The van der Waals surface area contributed by atoms with E-state index in [1.165, 1.54) is 4.31 Å². The van der Waals surface area contributed by atoms with Gasteiger partial charge in [0.1, 0.15) is 0 Å². The second-order valence-corrected chi connectivity index (χ2v) is 7.74. The van der Waals surface area contributed by atoms with Crippen molar-refractivity contribution in [3.05, 3.63) is 11.3 Å². The summed E-state index contributed by atoms with van der Waals surface area (Å²) in [6.45, 7) is 3.46. The van der Waals surface area contributed by atoms with E-state index in [-0.39, 0.29) is 11.1 Å². The first-order valence-electron chi connectivity index (χ1n) is 7.33. The first-order valence-corrected chi connectivity index (χ1v) is 8.77. The lowest BCUT2D eigenvalue weighted by molar-refractivity contribution is 0.180. The van der Waals surface area contributed by atoms with Crippen LogP contribution in [0.3, 0.4) is 0 Å². The van der Waals surface area contributed by atoms with E-state index in [1.807, 2.05) is 6.92 Å². The molecule has 3 rings (SSSR count). The molecule has 1 aliphatic heterocycles. The SMILES string of the molecule is Cc1[nH]nc(S(=O)(=O)N(C)C2CCOC2)c1CNC1CC1. The van der Waals surface area contributed by atoms with Gasteiger partial charge in [-0.3, -0.25) is 5.10 Å². The summed E-state index contributed by atoms with van der Waals surface area (Å²) in [6.07, 6.45) is 3.06. The maximum Gasteiger partial charge on any atom is 0.262 e. The van der Waals surface area contributed by atoms with Crippen LogP contribution in [0.4, 0.5) is 0 Å². The number of aryl methyl sites for hydroxylation is 1. The fourth-order valence-corrected chi connectivity index (χ4v) is 4.06. The van der Waals surface area contributed by atoms with Gasteiger partial charge in [-0.2, -0.15) is 9.40 Å². The molecule has 2 heterocycles. The molecule has 1 atom stereocenters. The van der Waals surface area contributed by atoms with Crippen molar-refractivity contribution in [1.29, 1.82) is 0 Å². The number of likely N-dealkylation sites (N-methyl/N-ethyl adjacent to an activating group) is 1. The highest BCUT2D eigenvalue weighted by Gasteiger charge is 2.34. The molecule has 1 aliphatic carbocycles. The summed E-state index contributed by atoms with van der Waals surface area (Å²) >= 11 is 0. The molecule has 1 unspecified atom stereocenters. The summed E-state index contributed by atoms with van der Waals surface area (Å²) in [5, 5.41) is 10.3. The number of nitrogens with one attached hydrogen (secondary N) is 2. The van der Waals surface area contributed by atoms with Gasteiger partial charge in [0.2, 0.25) is 0 Å². The second kappa shape index (κ2) is 5.68. The van der Waals surface area contributed by atoms with Crippen LogP contribution in [0.15, 0.2) is 5.03 Å². The summed E-state index contributed by atoms with van der Waals surface area (Å²) in [7, 11) is -1.98. The Morgan fingerprint density at radius 1 is 1.43 bits per heavy atom. The van der Waals surface area contributed by atoms with Crippen molar-refractivity contribution in [2.75, 3.05) is 20.3 Å². The molecular weight excluding hydrogens is 292 g/mol. The third-order valence-electron chi connectivity index (χ3n) is 4.22. The zero-order valence-corrected chi connectivity index (χ0v) is 13.2. The number of sulfonamides is 1. The fourth-order valence-electron chi connectivity index (χ4n) is 2.53. The molecule has 21 heavy (non-hydrogen) atoms. The van der Waals surface area contributed by atoms with E-state index in [9.17, 15) is 8.42 Å². The van der Waals surface area contributed by atoms with E-state index in [2.05, 4.69) is 15.5 Å². The molecule has 7 nitrogen and oxygen atoms in total. The number of aromatic amines is 1. The largest absolute Gasteiger partial charge is 0.380 e. The van der Waals surface area contributed by atoms with Gasteiger partial charge in [0.25, 0.3) is 10.0 Å². The van der Waals surface area contributed by atoms with Gasteiger partial charge in [-0.05, 0) is 26.2 Å². The van der Waals surface area contributed by atoms with E-state index in [0.717, 1.165) is 30.5 Å². The van der Waals surface area contributed by atoms with Crippen molar-refractivity contribution in [2.24, 2.45) is 0 Å². The average Bonchev–Trinajstić information content (AvgIpc) is 2.98. The molecule has 118 valence electrons. The number of hydrogen-bond donors (Lipinski definition) is 2. The zero-order chi connectivity index (χ0) is 15.0. The Hall–Kier alpha value is -0.960. The molecule has 0 bridgehead atoms. The zero-order valence-electron chi connectivity index (χ0n) is 12.4. The smallest absolute Gasteiger partial charge is 0.262 e. The second-order valence-electron chi connectivity index (χ2n) is 5.83. The number of hydrogen-bond acceptors (Lipinski definition) is 5. The van der Waals surface area contributed by atoms with E-state index in [1.54, 1.807) is 7.05 Å². The highest BCUT2D eigenvalue weighted by Crippen LogP contribution is 2.25. The molecule has 1 aromatic rings. The Morgan fingerprint density at radius 3 is 2.81 bits per heavy atom. The highest BCUT2D eigenvalue weighted by molar-refractivity contribution is 7.89. The maximum absolute atomic E-state index is 12.8. The predicted molar refractivity (Wildman–Crippen MR) is 77.4 cm³/mol. The van der Waals surface area contributed by atoms with Gasteiger partial charge in [0.15, 0.2) is 5.03 Å². The minimum atomic E-state index is -3.59. The molecule has 2 fully saturated rings. The van der Waals surface area contributed by atoms with Crippen LogP contribution in [0.5, 0.6) is 0 Å². The minimum absolute atomic E-state index is 0.101. The average molecular weight is 314 g/mol. The van der Waals surface area contributed by atoms with Gasteiger partial charge in [-0.1, -0.05) is 0 Å². The Balaban J connectivity index is 1.83. The lowest BCUT2D eigenvalue weighted by Gasteiger charge is -2.22. The Labute approximate surface area is 125 Å². The maximum atomic E-state index is 12.8. The number of rotatable bonds is 6. The monoisotopic (exact) mass is 314 g/mol. The lowest BCUT2D eigenvalue weighted by atomic mass is 10.2. The van der Waals surface area contributed by atoms with Gasteiger partial charge in [-0.25, -0.2) is 8.42 Å². The molecule has 0 radical (unpaired) electrons.